The predicted octanol–water partition coefficient (Wildman–Crippen LogP) is 2.26. The van der Waals surface area contributed by atoms with Crippen molar-refractivity contribution < 1.29 is 14.3 Å². The van der Waals surface area contributed by atoms with Crippen LogP contribution in [0.15, 0.2) is 24.3 Å². The molecule has 0 atom stereocenters. The molecule has 0 aliphatic heterocycles. The highest BCUT2D eigenvalue weighted by atomic mass is 16.5. The summed E-state index contributed by atoms with van der Waals surface area (Å²) >= 11 is 0. The van der Waals surface area contributed by atoms with E-state index in [1.54, 1.807) is 24.3 Å². The second-order valence-electron chi connectivity index (χ2n) is 2.86. The van der Waals surface area contributed by atoms with Gasteiger partial charge in [0.1, 0.15) is 5.75 Å². The van der Waals surface area contributed by atoms with E-state index < -0.39 is 0 Å². The van der Waals surface area contributed by atoms with E-state index in [9.17, 15) is 4.79 Å². The summed E-state index contributed by atoms with van der Waals surface area (Å²) < 4.78 is 9.95. The van der Waals surface area contributed by atoms with E-state index >= 15 is 0 Å². The van der Waals surface area contributed by atoms with E-state index in [0.29, 0.717) is 12.2 Å². The number of hydrogen-bond acceptors (Lipinski definition) is 3. The summed E-state index contributed by atoms with van der Waals surface area (Å²) in [7, 11) is 1.36. The normalized spacial score (nSPS) is 9.57. The summed E-state index contributed by atoms with van der Waals surface area (Å²) in [5.74, 6) is 0.451. The number of ether oxygens (including phenoxy) is 2. The molecule has 0 aromatic heterocycles. The molecule has 0 radical (unpaired) electrons. The first kappa shape index (κ1) is 10.6. The Labute approximate surface area is 83.6 Å². The average molecular weight is 194 g/mol. The standard InChI is InChI=1S/C11H14O3/c1-3-8-14-10-6-4-9(5-7-10)11(12)13-2/h4-7H,3,8H2,1-2H3. The second kappa shape index (κ2) is 5.27. The van der Waals surface area contributed by atoms with Crippen LogP contribution in [0.25, 0.3) is 0 Å². The Kier molecular flexibility index (Phi) is 3.98. The Bertz CT molecular complexity index is 290. The number of benzene rings is 1. The molecule has 3 heteroatoms. The fourth-order valence-corrected chi connectivity index (χ4v) is 1.03. The van der Waals surface area contributed by atoms with Gasteiger partial charge in [-0.25, -0.2) is 4.79 Å². The van der Waals surface area contributed by atoms with Crippen molar-refractivity contribution >= 4 is 5.97 Å². The van der Waals surface area contributed by atoms with Crippen LogP contribution in [0.3, 0.4) is 0 Å². The molecule has 0 aliphatic carbocycles. The topological polar surface area (TPSA) is 35.5 Å². The van der Waals surface area contributed by atoms with Crippen LogP contribution in [0.4, 0.5) is 0 Å². The molecular weight excluding hydrogens is 180 g/mol. The largest absolute Gasteiger partial charge is 0.494 e. The van der Waals surface area contributed by atoms with Gasteiger partial charge in [0.05, 0.1) is 19.3 Å². The van der Waals surface area contributed by atoms with Gasteiger partial charge in [0, 0.05) is 0 Å². The molecule has 0 saturated carbocycles. The van der Waals surface area contributed by atoms with Gasteiger partial charge in [-0.05, 0) is 30.7 Å². The lowest BCUT2D eigenvalue weighted by Crippen LogP contribution is -2.01. The highest BCUT2D eigenvalue weighted by Crippen LogP contribution is 2.12. The predicted molar refractivity (Wildman–Crippen MR) is 53.6 cm³/mol. The van der Waals surface area contributed by atoms with Crippen molar-refractivity contribution in [1.82, 2.24) is 0 Å². The maximum absolute atomic E-state index is 11.1. The van der Waals surface area contributed by atoms with Crippen molar-refractivity contribution in [2.24, 2.45) is 0 Å². The van der Waals surface area contributed by atoms with Gasteiger partial charge in [0.2, 0.25) is 0 Å². The van der Waals surface area contributed by atoms with Crippen LogP contribution in [0, 0.1) is 0 Å². The van der Waals surface area contributed by atoms with Crippen LogP contribution in [0.2, 0.25) is 0 Å². The molecule has 1 rings (SSSR count). The Morgan fingerprint density at radius 2 is 1.93 bits per heavy atom. The van der Waals surface area contributed by atoms with Crippen molar-refractivity contribution in [3.05, 3.63) is 29.8 Å². The highest BCUT2D eigenvalue weighted by molar-refractivity contribution is 5.89. The van der Waals surface area contributed by atoms with Crippen LogP contribution in [0.1, 0.15) is 23.7 Å². The summed E-state index contributed by atoms with van der Waals surface area (Å²) in [4.78, 5) is 11.1. The van der Waals surface area contributed by atoms with E-state index in [-0.39, 0.29) is 5.97 Å². The lowest BCUT2D eigenvalue weighted by atomic mass is 10.2. The molecule has 14 heavy (non-hydrogen) atoms. The summed E-state index contributed by atoms with van der Waals surface area (Å²) in [6.07, 6.45) is 0.971. The third kappa shape index (κ3) is 2.76. The van der Waals surface area contributed by atoms with Crippen LogP contribution in [0.5, 0.6) is 5.75 Å². The summed E-state index contributed by atoms with van der Waals surface area (Å²) in [5, 5.41) is 0. The first-order valence-electron chi connectivity index (χ1n) is 4.59. The Morgan fingerprint density at radius 1 is 1.29 bits per heavy atom. The fourth-order valence-electron chi connectivity index (χ4n) is 1.03. The van der Waals surface area contributed by atoms with Crippen molar-refractivity contribution in [1.29, 1.82) is 0 Å². The molecule has 76 valence electrons. The number of methoxy groups -OCH3 is 1. The second-order valence-corrected chi connectivity index (χ2v) is 2.86. The van der Waals surface area contributed by atoms with Gasteiger partial charge in [-0.3, -0.25) is 0 Å². The lowest BCUT2D eigenvalue weighted by molar-refractivity contribution is 0.0600. The molecule has 0 spiro atoms. The fraction of sp³-hybridized carbons (Fsp3) is 0.364. The molecule has 0 heterocycles. The summed E-state index contributed by atoms with van der Waals surface area (Å²) in [6.45, 7) is 2.74. The quantitative estimate of drug-likeness (QED) is 0.690. The van der Waals surface area contributed by atoms with Gasteiger partial charge in [0.25, 0.3) is 0 Å². The molecule has 0 bridgehead atoms. The summed E-state index contributed by atoms with van der Waals surface area (Å²) in [6, 6.07) is 6.91. The van der Waals surface area contributed by atoms with Gasteiger partial charge in [-0.2, -0.15) is 0 Å². The molecule has 0 saturated heterocycles. The van der Waals surface area contributed by atoms with Crippen molar-refractivity contribution in [3.8, 4) is 5.75 Å². The third-order valence-electron chi connectivity index (χ3n) is 1.75. The van der Waals surface area contributed by atoms with Gasteiger partial charge in [-0.15, -0.1) is 0 Å². The van der Waals surface area contributed by atoms with Gasteiger partial charge in [-0.1, -0.05) is 6.92 Å². The van der Waals surface area contributed by atoms with Gasteiger partial charge < -0.3 is 9.47 Å². The van der Waals surface area contributed by atoms with Gasteiger partial charge >= 0.3 is 5.97 Å². The van der Waals surface area contributed by atoms with Crippen LogP contribution < -0.4 is 4.74 Å². The maximum Gasteiger partial charge on any atom is 0.337 e. The Morgan fingerprint density at radius 3 is 2.43 bits per heavy atom. The smallest absolute Gasteiger partial charge is 0.337 e. The minimum absolute atomic E-state index is 0.327. The van der Waals surface area contributed by atoms with Crippen molar-refractivity contribution in [2.75, 3.05) is 13.7 Å². The lowest BCUT2D eigenvalue weighted by Gasteiger charge is -2.04. The molecule has 0 unspecified atom stereocenters. The first-order chi connectivity index (χ1) is 6.77. The van der Waals surface area contributed by atoms with Crippen LogP contribution in [-0.4, -0.2) is 19.7 Å². The third-order valence-corrected chi connectivity index (χ3v) is 1.75. The molecule has 1 aromatic carbocycles. The first-order valence-corrected chi connectivity index (χ1v) is 4.59. The summed E-state index contributed by atoms with van der Waals surface area (Å²) in [5.41, 5.74) is 0.538. The van der Waals surface area contributed by atoms with E-state index in [4.69, 9.17) is 4.74 Å². The Hall–Kier alpha value is -1.51. The molecule has 3 nitrogen and oxygen atoms in total. The zero-order chi connectivity index (χ0) is 10.4. The number of carbonyl (C=O) groups is 1. The molecule has 0 fully saturated rings. The minimum Gasteiger partial charge on any atom is -0.494 e. The van der Waals surface area contributed by atoms with Crippen molar-refractivity contribution in [3.63, 3.8) is 0 Å². The minimum atomic E-state index is -0.327. The zero-order valence-corrected chi connectivity index (χ0v) is 8.45. The average Bonchev–Trinajstić information content (AvgIpc) is 2.26. The van der Waals surface area contributed by atoms with Gasteiger partial charge in [0.15, 0.2) is 0 Å². The van der Waals surface area contributed by atoms with Crippen molar-refractivity contribution in [2.45, 2.75) is 13.3 Å². The molecule has 1 aromatic rings. The Balaban J connectivity index is 2.63. The van der Waals surface area contributed by atoms with Crippen LogP contribution in [-0.2, 0) is 4.74 Å². The number of hydrogen-bond donors (Lipinski definition) is 0. The van der Waals surface area contributed by atoms with Crippen LogP contribution >= 0.6 is 0 Å². The number of carbonyl (C=O) groups excluding carboxylic acids is 1. The van der Waals surface area contributed by atoms with E-state index in [1.807, 2.05) is 6.92 Å². The number of rotatable bonds is 4. The van der Waals surface area contributed by atoms with E-state index in [2.05, 4.69) is 4.74 Å². The van der Waals surface area contributed by atoms with E-state index in [1.165, 1.54) is 7.11 Å². The zero-order valence-electron chi connectivity index (χ0n) is 8.45. The molecule has 0 amide bonds. The SMILES string of the molecule is CCCOc1ccc(C(=O)OC)cc1. The number of esters is 1. The highest BCUT2D eigenvalue weighted by Gasteiger charge is 2.03. The van der Waals surface area contributed by atoms with E-state index in [0.717, 1.165) is 12.2 Å². The molecule has 0 N–H and O–H groups in total. The molecular formula is C11H14O3. The monoisotopic (exact) mass is 194 g/mol. The molecule has 0 aliphatic rings. The maximum atomic E-state index is 11.1.